The van der Waals surface area contributed by atoms with Crippen molar-refractivity contribution in [1.29, 1.82) is 0 Å². The van der Waals surface area contributed by atoms with Crippen LogP contribution >= 0.6 is 24.0 Å². The minimum absolute atomic E-state index is 0.424. The summed E-state index contributed by atoms with van der Waals surface area (Å²) in [6.45, 7) is 0. The highest BCUT2D eigenvalue weighted by Crippen LogP contribution is 2.28. The molecule has 0 radical (unpaired) electrons. The van der Waals surface area contributed by atoms with E-state index in [2.05, 4.69) is 27.4 Å². The molecule has 0 saturated carbocycles. The van der Waals surface area contributed by atoms with Crippen LogP contribution < -0.4 is 4.74 Å². The third-order valence-electron chi connectivity index (χ3n) is 3.44. The fraction of sp³-hybridized carbons (Fsp3) is 0.118. The van der Waals surface area contributed by atoms with Gasteiger partial charge in [-0.2, -0.15) is 14.9 Å². The molecule has 0 unspecified atom stereocenters. The fourth-order valence-corrected chi connectivity index (χ4v) is 2.80. The third kappa shape index (κ3) is 3.42. The molecule has 24 heavy (non-hydrogen) atoms. The van der Waals surface area contributed by atoms with Crippen LogP contribution in [0.4, 0.5) is 0 Å². The SMILES string of the molecule is COc1ccccc1-c1n[nH]c(=S)n1/N=C\c1ccc(SC)cc1. The number of para-hydroxylation sites is 1. The summed E-state index contributed by atoms with van der Waals surface area (Å²) in [7, 11) is 1.63. The van der Waals surface area contributed by atoms with Crippen LogP contribution in [0.15, 0.2) is 58.5 Å². The van der Waals surface area contributed by atoms with Crippen LogP contribution in [0.5, 0.6) is 5.75 Å². The molecule has 5 nitrogen and oxygen atoms in total. The monoisotopic (exact) mass is 356 g/mol. The highest BCUT2D eigenvalue weighted by atomic mass is 32.2. The quantitative estimate of drug-likeness (QED) is 0.422. The Balaban J connectivity index is 1.98. The van der Waals surface area contributed by atoms with E-state index in [0.717, 1.165) is 11.1 Å². The van der Waals surface area contributed by atoms with Gasteiger partial charge in [-0.05, 0) is 48.3 Å². The Hall–Kier alpha value is -2.38. The smallest absolute Gasteiger partial charge is 0.216 e. The number of benzene rings is 2. The van der Waals surface area contributed by atoms with Gasteiger partial charge < -0.3 is 4.74 Å². The molecule has 2 aromatic carbocycles. The summed E-state index contributed by atoms with van der Waals surface area (Å²) < 4.78 is 7.41. The van der Waals surface area contributed by atoms with E-state index in [1.54, 1.807) is 29.8 Å². The molecule has 3 rings (SSSR count). The van der Waals surface area contributed by atoms with Crippen molar-refractivity contribution in [3.05, 3.63) is 58.9 Å². The van der Waals surface area contributed by atoms with Crippen LogP contribution in [0.3, 0.4) is 0 Å². The van der Waals surface area contributed by atoms with Gasteiger partial charge >= 0.3 is 0 Å². The Morgan fingerprint density at radius 3 is 2.67 bits per heavy atom. The average Bonchev–Trinajstić information content (AvgIpc) is 3.00. The van der Waals surface area contributed by atoms with Crippen molar-refractivity contribution in [1.82, 2.24) is 14.9 Å². The number of thioether (sulfide) groups is 1. The first kappa shape index (κ1) is 16.5. The van der Waals surface area contributed by atoms with Crippen molar-refractivity contribution in [2.75, 3.05) is 13.4 Å². The van der Waals surface area contributed by atoms with E-state index in [0.29, 0.717) is 16.3 Å². The van der Waals surface area contributed by atoms with Crippen LogP contribution in [0.2, 0.25) is 0 Å². The summed E-state index contributed by atoms with van der Waals surface area (Å²) >= 11 is 7.00. The molecule has 0 spiro atoms. The van der Waals surface area contributed by atoms with Gasteiger partial charge in [-0.15, -0.1) is 11.8 Å². The number of aromatic amines is 1. The number of methoxy groups -OCH3 is 1. The molecule has 0 aliphatic rings. The molecular formula is C17H16N4OS2. The standard InChI is InChI=1S/C17H16N4OS2/c1-22-15-6-4-3-5-14(15)16-19-20-17(23)21(16)18-11-12-7-9-13(24-2)10-8-12/h3-11H,1-2H3,(H,20,23)/b18-11-. The molecule has 1 N–H and O–H groups in total. The van der Waals surface area contributed by atoms with E-state index in [1.165, 1.54) is 4.90 Å². The highest BCUT2D eigenvalue weighted by molar-refractivity contribution is 7.98. The Labute approximate surface area is 149 Å². The van der Waals surface area contributed by atoms with E-state index >= 15 is 0 Å². The molecule has 0 amide bonds. The van der Waals surface area contributed by atoms with Gasteiger partial charge in [0, 0.05) is 4.90 Å². The van der Waals surface area contributed by atoms with Crippen LogP contribution in [-0.4, -0.2) is 34.5 Å². The van der Waals surface area contributed by atoms with Gasteiger partial charge in [0.2, 0.25) is 4.77 Å². The molecule has 122 valence electrons. The molecule has 1 aromatic heterocycles. The van der Waals surface area contributed by atoms with Crippen molar-refractivity contribution >= 4 is 30.2 Å². The molecule has 3 aromatic rings. The zero-order valence-corrected chi connectivity index (χ0v) is 14.9. The van der Waals surface area contributed by atoms with Crippen molar-refractivity contribution < 1.29 is 4.74 Å². The predicted molar refractivity (Wildman–Crippen MR) is 101 cm³/mol. The number of nitrogens with one attached hydrogen (secondary N) is 1. The number of hydrogen-bond donors (Lipinski definition) is 1. The van der Waals surface area contributed by atoms with E-state index in [1.807, 2.05) is 42.7 Å². The first-order valence-electron chi connectivity index (χ1n) is 7.22. The topological polar surface area (TPSA) is 55.2 Å². The Morgan fingerprint density at radius 1 is 1.21 bits per heavy atom. The lowest BCUT2D eigenvalue weighted by Crippen LogP contribution is -1.97. The van der Waals surface area contributed by atoms with Gasteiger partial charge in [-0.25, -0.2) is 5.10 Å². The molecule has 0 saturated heterocycles. The largest absolute Gasteiger partial charge is 0.496 e. The maximum absolute atomic E-state index is 5.40. The first-order valence-corrected chi connectivity index (χ1v) is 8.85. The fourth-order valence-electron chi connectivity index (χ4n) is 2.22. The molecule has 0 atom stereocenters. The summed E-state index contributed by atoms with van der Waals surface area (Å²) in [5, 5.41) is 11.5. The summed E-state index contributed by atoms with van der Waals surface area (Å²) in [6.07, 6.45) is 3.81. The van der Waals surface area contributed by atoms with Crippen LogP contribution in [0.25, 0.3) is 11.4 Å². The van der Waals surface area contributed by atoms with Crippen molar-refractivity contribution in [3.8, 4) is 17.1 Å². The minimum atomic E-state index is 0.424. The van der Waals surface area contributed by atoms with Gasteiger partial charge in [0.05, 0.1) is 18.9 Å². The van der Waals surface area contributed by atoms with E-state index in [-0.39, 0.29) is 0 Å². The average molecular weight is 356 g/mol. The highest BCUT2D eigenvalue weighted by Gasteiger charge is 2.12. The number of aromatic nitrogens is 3. The number of ether oxygens (including phenoxy) is 1. The first-order chi connectivity index (χ1) is 11.7. The Kier molecular flexibility index (Phi) is 5.12. The summed E-state index contributed by atoms with van der Waals surface area (Å²) in [5.74, 6) is 1.32. The van der Waals surface area contributed by atoms with Crippen LogP contribution in [-0.2, 0) is 0 Å². The summed E-state index contributed by atoms with van der Waals surface area (Å²) in [6, 6.07) is 15.8. The van der Waals surface area contributed by atoms with Crippen LogP contribution in [0, 0.1) is 4.77 Å². The van der Waals surface area contributed by atoms with E-state index in [4.69, 9.17) is 17.0 Å². The van der Waals surface area contributed by atoms with Gasteiger partial charge in [-0.3, -0.25) is 0 Å². The number of nitrogens with zero attached hydrogens (tertiary/aromatic N) is 3. The van der Waals surface area contributed by atoms with Gasteiger partial charge in [-0.1, -0.05) is 24.3 Å². The second kappa shape index (κ2) is 7.46. The third-order valence-corrected chi connectivity index (χ3v) is 4.44. The van der Waals surface area contributed by atoms with Gasteiger partial charge in [0.1, 0.15) is 5.75 Å². The molecule has 0 bridgehead atoms. The van der Waals surface area contributed by atoms with Gasteiger partial charge in [0.25, 0.3) is 0 Å². The van der Waals surface area contributed by atoms with Gasteiger partial charge in [0.15, 0.2) is 5.82 Å². The van der Waals surface area contributed by atoms with E-state index < -0.39 is 0 Å². The maximum atomic E-state index is 5.40. The Morgan fingerprint density at radius 2 is 1.96 bits per heavy atom. The summed E-state index contributed by atoms with van der Waals surface area (Å²) in [4.78, 5) is 1.21. The molecule has 0 aliphatic carbocycles. The number of rotatable bonds is 5. The molecular weight excluding hydrogens is 340 g/mol. The number of hydrogen-bond acceptors (Lipinski definition) is 5. The zero-order chi connectivity index (χ0) is 16.9. The lowest BCUT2D eigenvalue weighted by atomic mass is 10.2. The lowest BCUT2D eigenvalue weighted by molar-refractivity contribution is 0.416. The lowest BCUT2D eigenvalue weighted by Gasteiger charge is -2.06. The van der Waals surface area contributed by atoms with Crippen LogP contribution in [0.1, 0.15) is 5.56 Å². The second-order valence-electron chi connectivity index (χ2n) is 4.88. The number of H-pyrrole nitrogens is 1. The van der Waals surface area contributed by atoms with Crippen molar-refractivity contribution in [3.63, 3.8) is 0 Å². The zero-order valence-electron chi connectivity index (χ0n) is 13.3. The molecule has 0 aliphatic heterocycles. The molecule has 0 fully saturated rings. The normalized spacial score (nSPS) is 11.1. The molecule has 1 heterocycles. The Bertz CT molecular complexity index is 913. The maximum Gasteiger partial charge on any atom is 0.216 e. The second-order valence-corrected chi connectivity index (χ2v) is 6.15. The molecule has 7 heteroatoms. The summed E-state index contributed by atoms with van der Waals surface area (Å²) in [5.41, 5.74) is 1.81. The predicted octanol–water partition coefficient (Wildman–Crippen LogP) is 4.22. The van der Waals surface area contributed by atoms with Crippen molar-refractivity contribution in [2.24, 2.45) is 5.10 Å². The minimum Gasteiger partial charge on any atom is -0.496 e. The van der Waals surface area contributed by atoms with Crippen molar-refractivity contribution in [2.45, 2.75) is 4.90 Å². The van der Waals surface area contributed by atoms with E-state index in [9.17, 15) is 0 Å².